The van der Waals surface area contributed by atoms with E-state index in [1.165, 1.54) is 31.5 Å². The molecule has 0 aliphatic heterocycles. The number of aliphatic hydroxyl groups is 1. The van der Waals surface area contributed by atoms with E-state index >= 15 is 0 Å². The SMILES string of the molecule is COc1cn2nc(CC(F)C(C)(C)O)cc2cc1NC(=O)c1cccn(C2CC2)c1=O. The van der Waals surface area contributed by atoms with E-state index in [2.05, 4.69) is 10.4 Å². The molecule has 3 heterocycles. The zero-order valence-electron chi connectivity index (χ0n) is 17.6. The van der Waals surface area contributed by atoms with E-state index in [-0.39, 0.29) is 23.6 Å². The number of amides is 1. The van der Waals surface area contributed by atoms with Crippen molar-refractivity contribution >= 4 is 17.1 Å². The monoisotopic (exact) mass is 428 g/mol. The lowest BCUT2D eigenvalue weighted by Gasteiger charge is -2.21. The predicted molar refractivity (Wildman–Crippen MR) is 114 cm³/mol. The number of anilines is 1. The van der Waals surface area contributed by atoms with Gasteiger partial charge in [-0.2, -0.15) is 5.10 Å². The van der Waals surface area contributed by atoms with Gasteiger partial charge in [0.25, 0.3) is 11.5 Å². The number of rotatable bonds is 7. The Morgan fingerprint density at radius 2 is 2.16 bits per heavy atom. The number of alkyl halides is 1. The maximum absolute atomic E-state index is 14.2. The Hall–Kier alpha value is -3.20. The summed E-state index contributed by atoms with van der Waals surface area (Å²) >= 11 is 0. The van der Waals surface area contributed by atoms with Crippen LogP contribution < -0.4 is 15.6 Å². The highest BCUT2D eigenvalue weighted by molar-refractivity contribution is 6.05. The summed E-state index contributed by atoms with van der Waals surface area (Å²) in [7, 11) is 1.45. The molecule has 1 aliphatic carbocycles. The Morgan fingerprint density at radius 3 is 2.81 bits per heavy atom. The summed E-state index contributed by atoms with van der Waals surface area (Å²) in [6.45, 7) is 2.82. The van der Waals surface area contributed by atoms with E-state index in [9.17, 15) is 19.1 Å². The molecule has 1 atom stereocenters. The lowest BCUT2D eigenvalue weighted by molar-refractivity contribution is -0.00301. The molecule has 3 aromatic rings. The number of aromatic nitrogens is 3. The van der Waals surface area contributed by atoms with Crippen LogP contribution in [0.3, 0.4) is 0 Å². The third-order valence-corrected chi connectivity index (χ3v) is 5.39. The smallest absolute Gasteiger partial charge is 0.263 e. The molecular formula is C22H25FN4O4. The molecule has 0 aromatic carbocycles. The normalized spacial score (nSPS) is 15.1. The molecule has 0 bridgehead atoms. The number of hydrogen-bond acceptors (Lipinski definition) is 5. The van der Waals surface area contributed by atoms with Crippen LogP contribution in [0.1, 0.15) is 48.8 Å². The second-order valence-electron chi connectivity index (χ2n) is 8.41. The fraction of sp³-hybridized carbons (Fsp3) is 0.409. The number of nitrogens with one attached hydrogen (secondary N) is 1. The van der Waals surface area contributed by atoms with Gasteiger partial charge < -0.3 is 19.7 Å². The van der Waals surface area contributed by atoms with Crippen LogP contribution >= 0.6 is 0 Å². The third-order valence-electron chi connectivity index (χ3n) is 5.39. The van der Waals surface area contributed by atoms with E-state index in [4.69, 9.17) is 4.74 Å². The molecule has 3 aromatic heterocycles. The van der Waals surface area contributed by atoms with Crippen molar-refractivity contribution in [3.8, 4) is 5.75 Å². The number of methoxy groups -OCH3 is 1. The average molecular weight is 428 g/mol. The third kappa shape index (κ3) is 4.32. The van der Waals surface area contributed by atoms with E-state index < -0.39 is 17.7 Å². The van der Waals surface area contributed by atoms with Crippen LogP contribution in [0.25, 0.3) is 5.52 Å². The maximum atomic E-state index is 14.2. The molecule has 1 unspecified atom stereocenters. The number of pyridine rings is 2. The van der Waals surface area contributed by atoms with Gasteiger partial charge >= 0.3 is 0 Å². The topological polar surface area (TPSA) is 97.9 Å². The summed E-state index contributed by atoms with van der Waals surface area (Å²) < 4.78 is 22.7. The molecule has 2 N–H and O–H groups in total. The van der Waals surface area contributed by atoms with Crippen molar-refractivity contribution in [2.24, 2.45) is 0 Å². The Balaban J connectivity index is 1.62. The first-order chi connectivity index (χ1) is 14.7. The van der Waals surface area contributed by atoms with Crippen LogP contribution in [-0.2, 0) is 6.42 Å². The van der Waals surface area contributed by atoms with Gasteiger partial charge in [-0.1, -0.05) is 0 Å². The van der Waals surface area contributed by atoms with Crippen molar-refractivity contribution in [2.45, 2.75) is 50.9 Å². The van der Waals surface area contributed by atoms with Crippen molar-refractivity contribution in [1.29, 1.82) is 0 Å². The molecular weight excluding hydrogens is 403 g/mol. The fourth-order valence-corrected chi connectivity index (χ4v) is 3.38. The first-order valence-electron chi connectivity index (χ1n) is 10.1. The van der Waals surface area contributed by atoms with Crippen molar-refractivity contribution in [3.63, 3.8) is 0 Å². The quantitative estimate of drug-likeness (QED) is 0.603. The highest BCUT2D eigenvalue weighted by atomic mass is 19.1. The molecule has 1 amide bonds. The lowest BCUT2D eigenvalue weighted by atomic mass is 9.99. The number of nitrogens with zero attached hydrogens (tertiary/aromatic N) is 3. The minimum absolute atomic E-state index is 0.0518. The van der Waals surface area contributed by atoms with Gasteiger partial charge in [0.15, 0.2) is 5.75 Å². The molecule has 1 fully saturated rings. The number of halogens is 1. The Labute approximate surface area is 178 Å². The summed E-state index contributed by atoms with van der Waals surface area (Å²) in [6.07, 6.45) is 3.60. The first kappa shape index (κ1) is 21.0. The van der Waals surface area contributed by atoms with Gasteiger partial charge in [0.05, 0.1) is 35.8 Å². The summed E-state index contributed by atoms with van der Waals surface area (Å²) in [6, 6.07) is 6.67. The summed E-state index contributed by atoms with van der Waals surface area (Å²) in [4.78, 5) is 25.5. The summed E-state index contributed by atoms with van der Waals surface area (Å²) in [5.41, 5.74) is -0.318. The molecule has 9 heteroatoms. The molecule has 0 saturated heterocycles. The van der Waals surface area contributed by atoms with Gasteiger partial charge in [-0.25, -0.2) is 8.91 Å². The van der Waals surface area contributed by atoms with Crippen LogP contribution in [0.15, 0.2) is 41.5 Å². The highest BCUT2D eigenvalue weighted by Gasteiger charge is 2.28. The second-order valence-corrected chi connectivity index (χ2v) is 8.41. The van der Waals surface area contributed by atoms with Gasteiger partial charge in [-0.05, 0) is 51.0 Å². The van der Waals surface area contributed by atoms with Crippen LogP contribution in [0, 0.1) is 0 Å². The van der Waals surface area contributed by atoms with Crippen molar-refractivity contribution in [3.05, 3.63) is 58.3 Å². The van der Waals surface area contributed by atoms with Gasteiger partial charge in [-0.3, -0.25) is 9.59 Å². The fourth-order valence-electron chi connectivity index (χ4n) is 3.38. The molecule has 0 spiro atoms. The van der Waals surface area contributed by atoms with Gasteiger partial charge in [0, 0.05) is 18.7 Å². The van der Waals surface area contributed by atoms with Crippen molar-refractivity contribution < 1.29 is 19.0 Å². The molecule has 0 radical (unpaired) electrons. The van der Waals surface area contributed by atoms with Crippen molar-refractivity contribution in [2.75, 3.05) is 12.4 Å². The highest BCUT2D eigenvalue weighted by Crippen LogP contribution is 2.33. The summed E-state index contributed by atoms with van der Waals surface area (Å²) in [5.74, 6) is -0.193. The zero-order chi connectivity index (χ0) is 22.3. The first-order valence-corrected chi connectivity index (χ1v) is 10.1. The average Bonchev–Trinajstić information content (AvgIpc) is 3.47. The summed E-state index contributed by atoms with van der Waals surface area (Å²) in [5, 5.41) is 16.9. The van der Waals surface area contributed by atoms with Crippen LogP contribution in [-0.4, -0.2) is 44.1 Å². The Kier molecular flexibility index (Phi) is 5.30. The zero-order valence-corrected chi connectivity index (χ0v) is 17.6. The molecule has 1 aliphatic rings. The standard InChI is InChI=1S/C22H25FN4O4/c1-22(2,30)19(23)10-13-9-15-11-17(18(31-3)12-27(15)25-13)24-20(28)16-5-4-8-26(21(16)29)14-6-7-14/h4-5,8-9,11-12,14,19,30H,6-7,10H2,1-3H3,(H,24,28). The van der Waals surface area contributed by atoms with Crippen LogP contribution in [0.5, 0.6) is 5.75 Å². The van der Waals surface area contributed by atoms with E-state index in [0.29, 0.717) is 22.6 Å². The second kappa shape index (κ2) is 7.81. The number of carbonyl (C=O) groups excluding carboxylic acids is 1. The van der Waals surface area contributed by atoms with Gasteiger partial charge in [0.2, 0.25) is 0 Å². The molecule has 4 rings (SSSR count). The molecule has 164 valence electrons. The Bertz CT molecular complexity index is 1190. The number of carbonyl (C=O) groups is 1. The Morgan fingerprint density at radius 1 is 1.42 bits per heavy atom. The number of ether oxygens (including phenoxy) is 1. The number of hydrogen-bond donors (Lipinski definition) is 2. The minimum Gasteiger partial charge on any atom is -0.493 e. The molecule has 31 heavy (non-hydrogen) atoms. The minimum atomic E-state index is -1.48. The number of fused-ring (bicyclic) bond motifs is 1. The van der Waals surface area contributed by atoms with Crippen molar-refractivity contribution in [1.82, 2.24) is 14.2 Å². The van der Waals surface area contributed by atoms with Crippen LogP contribution in [0.2, 0.25) is 0 Å². The van der Waals surface area contributed by atoms with E-state index in [1.54, 1.807) is 35.2 Å². The maximum Gasteiger partial charge on any atom is 0.263 e. The van der Waals surface area contributed by atoms with E-state index in [1.807, 2.05) is 0 Å². The largest absolute Gasteiger partial charge is 0.493 e. The lowest BCUT2D eigenvalue weighted by Crippen LogP contribution is -2.34. The van der Waals surface area contributed by atoms with Gasteiger partial charge in [0.1, 0.15) is 11.7 Å². The predicted octanol–water partition coefficient (Wildman–Crippen LogP) is 2.74. The molecule has 8 nitrogen and oxygen atoms in total. The van der Waals surface area contributed by atoms with E-state index in [0.717, 1.165) is 12.8 Å². The molecule has 1 saturated carbocycles. The van der Waals surface area contributed by atoms with Crippen LogP contribution in [0.4, 0.5) is 10.1 Å². The van der Waals surface area contributed by atoms with Gasteiger partial charge in [-0.15, -0.1) is 0 Å².